The molecule has 2 aliphatic heterocycles. The highest BCUT2D eigenvalue weighted by molar-refractivity contribution is 6.30. The number of allylic oxidation sites excluding steroid dienone is 2. The molecular formula is C39H33ClFN3O5. The zero-order chi connectivity index (χ0) is 34.2. The molecule has 0 radical (unpaired) electrons. The number of hydrazine groups is 1. The maximum Gasteiger partial charge on any atom is 0.260 e. The molecule has 0 spiro atoms. The number of nitrogens with one attached hydrogen (secondary N) is 1. The van der Waals surface area contributed by atoms with Crippen LogP contribution in [0.3, 0.4) is 0 Å². The lowest BCUT2D eigenvalue weighted by Gasteiger charge is -2.51. The number of fused-ring (bicyclic) bond motifs is 5. The first-order valence-electron chi connectivity index (χ1n) is 16.6. The normalized spacial score (nSPS) is 27.7. The van der Waals surface area contributed by atoms with Crippen LogP contribution in [0.5, 0.6) is 5.75 Å². The molecule has 4 aromatic carbocycles. The molecule has 49 heavy (non-hydrogen) atoms. The van der Waals surface area contributed by atoms with Crippen LogP contribution >= 0.6 is 11.6 Å². The fourth-order valence-corrected chi connectivity index (χ4v) is 9.19. The predicted molar refractivity (Wildman–Crippen MR) is 182 cm³/mol. The monoisotopic (exact) mass is 677 g/mol. The first-order valence-corrected chi connectivity index (χ1v) is 17.0. The molecule has 2 heterocycles. The number of carbonyl (C=O) groups excluding carboxylic acids is 4. The van der Waals surface area contributed by atoms with E-state index in [1.165, 1.54) is 29.2 Å². The molecule has 10 heteroatoms. The Morgan fingerprint density at radius 2 is 1.63 bits per heavy atom. The van der Waals surface area contributed by atoms with Gasteiger partial charge in [-0.25, -0.2) is 4.39 Å². The van der Waals surface area contributed by atoms with E-state index in [4.69, 9.17) is 11.6 Å². The van der Waals surface area contributed by atoms with Gasteiger partial charge in [0.05, 0.1) is 28.9 Å². The van der Waals surface area contributed by atoms with Gasteiger partial charge in [0.1, 0.15) is 11.6 Å². The largest absolute Gasteiger partial charge is 0.508 e. The minimum Gasteiger partial charge on any atom is -0.508 e. The number of imide groups is 2. The highest BCUT2D eigenvalue weighted by atomic mass is 35.5. The van der Waals surface area contributed by atoms with Crippen molar-refractivity contribution in [3.8, 4) is 5.75 Å². The van der Waals surface area contributed by atoms with Crippen LogP contribution in [0, 0.1) is 29.5 Å². The number of hydrogen-bond acceptors (Lipinski definition) is 6. The Balaban J connectivity index is 1.40. The molecule has 248 valence electrons. The van der Waals surface area contributed by atoms with Crippen LogP contribution < -0.4 is 5.43 Å². The quantitative estimate of drug-likeness (QED) is 0.173. The second-order valence-electron chi connectivity index (χ2n) is 13.4. The van der Waals surface area contributed by atoms with Crippen molar-refractivity contribution in [2.45, 2.75) is 37.5 Å². The van der Waals surface area contributed by atoms with Crippen molar-refractivity contribution < 1.29 is 28.7 Å². The lowest BCUT2D eigenvalue weighted by atomic mass is 9.48. The van der Waals surface area contributed by atoms with Gasteiger partial charge in [-0.2, -0.15) is 5.01 Å². The first-order chi connectivity index (χ1) is 23.7. The smallest absolute Gasteiger partial charge is 0.260 e. The van der Waals surface area contributed by atoms with E-state index in [9.17, 15) is 23.9 Å². The number of rotatable bonds is 6. The van der Waals surface area contributed by atoms with Crippen molar-refractivity contribution in [2.75, 3.05) is 12.0 Å². The molecular weight excluding hydrogens is 645 g/mol. The van der Waals surface area contributed by atoms with Crippen LogP contribution in [0.2, 0.25) is 5.02 Å². The second kappa shape index (κ2) is 11.6. The molecule has 0 unspecified atom stereocenters. The van der Waals surface area contributed by atoms with Crippen LogP contribution in [0.15, 0.2) is 96.6 Å². The van der Waals surface area contributed by atoms with Crippen molar-refractivity contribution in [2.24, 2.45) is 23.7 Å². The van der Waals surface area contributed by atoms with Gasteiger partial charge in [0.25, 0.3) is 11.8 Å². The summed E-state index contributed by atoms with van der Waals surface area (Å²) in [5.74, 6) is -5.77. The molecule has 2 aliphatic carbocycles. The van der Waals surface area contributed by atoms with Gasteiger partial charge in [0.2, 0.25) is 11.8 Å². The lowest BCUT2D eigenvalue weighted by molar-refractivity contribution is -0.141. The molecule has 4 aromatic rings. The Morgan fingerprint density at radius 3 is 2.37 bits per heavy atom. The topological polar surface area (TPSA) is 107 Å². The number of halogens is 2. The first kappa shape index (κ1) is 31.3. The summed E-state index contributed by atoms with van der Waals surface area (Å²) in [7, 11) is 0. The minimum atomic E-state index is -1.58. The van der Waals surface area contributed by atoms with E-state index in [-0.39, 0.29) is 24.0 Å². The van der Waals surface area contributed by atoms with Gasteiger partial charge < -0.3 is 5.11 Å². The fraction of sp³-hybridized carbons (Fsp3) is 0.282. The van der Waals surface area contributed by atoms with Crippen molar-refractivity contribution in [1.29, 1.82) is 0 Å². The van der Waals surface area contributed by atoms with E-state index in [0.717, 1.165) is 16.0 Å². The molecule has 2 saturated heterocycles. The third-order valence-electron chi connectivity index (χ3n) is 11.0. The number of phenolic OH excluding ortho intramolecular Hbond substituents is 1. The summed E-state index contributed by atoms with van der Waals surface area (Å²) in [6.07, 6.45) is 3.01. The van der Waals surface area contributed by atoms with Crippen LogP contribution in [0.1, 0.15) is 43.2 Å². The highest BCUT2D eigenvalue weighted by Crippen LogP contribution is 2.65. The van der Waals surface area contributed by atoms with Gasteiger partial charge in [0, 0.05) is 23.0 Å². The zero-order valence-electron chi connectivity index (χ0n) is 26.6. The number of carbonyl (C=O) groups is 4. The molecule has 4 amide bonds. The summed E-state index contributed by atoms with van der Waals surface area (Å²) in [4.78, 5) is 59.1. The van der Waals surface area contributed by atoms with E-state index in [2.05, 4.69) is 5.43 Å². The second-order valence-corrected chi connectivity index (χ2v) is 13.9. The standard InChI is InChI=1S/C39H33ClFN3O5/c1-2-19-43-35(46)28-17-16-27-29(32(28)37(43)48)20-30-36(47)44(42-25-14-12-24(41)13-15-25)38(49)39(30,22-8-10-23(40)11-9-22)34(27)33-26-6-4-3-5-21(26)7-18-31(33)45/h3-16,18,28-30,32,34,42,45H,2,17,19-20H2,1H3/t28-,29+,30-,32-,34+,39+/m0/s1. The molecule has 3 fully saturated rings. The van der Waals surface area contributed by atoms with E-state index >= 15 is 4.79 Å². The minimum absolute atomic E-state index is 0.0499. The van der Waals surface area contributed by atoms with Crippen LogP contribution in [-0.4, -0.2) is 45.2 Å². The molecule has 6 atom stereocenters. The third-order valence-corrected chi connectivity index (χ3v) is 11.3. The van der Waals surface area contributed by atoms with E-state index in [1.807, 2.05) is 37.3 Å². The SMILES string of the molecule is CCCN1C(=O)[C@H]2[C@H](CC=C3[C@H]2C[C@H]2C(=O)N(Nc4ccc(F)cc4)C(=O)[C@@]2(c2ccc(Cl)cc2)[C@H]3c2c(O)ccc3ccccc23)C1=O. The van der Waals surface area contributed by atoms with Crippen molar-refractivity contribution in [3.05, 3.63) is 119 Å². The molecule has 8 nitrogen and oxygen atoms in total. The number of aromatic hydroxyl groups is 1. The number of benzene rings is 4. The fourth-order valence-electron chi connectivity index (χ4n) is 9.07. The van der Waals surface area contributed by atoms with Crippen molar-refractivity contribution >= 4 is 51.7 Å². The Kier molecular flexibility index (Phi) is 7.37. The van der Waals surface area contributed by atoms with Gasteiger partial charge in [-0.3, -0.25) is 29.5 Å². The van der Waals surface area contributed by atoms with Gasteiger partial charge in [-0.1, -0.05) is 72.6 Å². The number of nitrogens with zero attached hydrogens (tertiary/aromatic N) is 2. The molecule has 4 aliphatic rings. The average Bonchev–Trinajstić information content (AvgIpc) is 3.47. The van der Waals surface area contributed by atoms with Gasteiger partial charge in [-0.05, 0) is 84.0 Å². The molecule has 0 aromatic heterocycles. The summed E-state index contributed by atoms with van der Waals surface area (Å²) in [5, 5.41) is 14.8. The number of amides is 4. The van der Waals surface area contributed by atoms with Crippen molar-refractivity contribution in [3.63, 3.8) is 0 Å². The van der Waals surface area contributed by atoms with E-state index < -0.39 is 52.6 Å². The van der Waals surface area contributed by atoms with Gasteiger partial charge in [-0.15, -0.1) is 0 Å². The average molecular weight is 678 g/mol. The summed E-state index contributed by atoms with van der Waals surface area (Å²) < 4.78 is 13.9. The predicted octanol–water partition coefficient (Wildman–Crippen LogP) is 6.73. The van der Waals surface area contributed by atoms with Gasteiger partial charge in [0.15, 0.2) is 0 Å². The number of likely N-dealkylation sites (tertiary alicyclic amines) is 1. The highest BCUT2D eigenvalue weighted by Gasteiger charge is 2.70. The summed E-state index contributed by atoms with van der Waals surface area (Å²) in [6, 6.07) is 23.1. The van der Waals surface area contributed by atoms with Crippen LogP contribution in [-0.2, 0) is 24.6 Å². The summed E-state index contributed by atoms with van der Waals surface area (Å²) >= 11 is 6.37. The number of anilines is 1. The lowest BCUT2D eigenvalue weighted by Crippen LogP contribution is -2.53. The Morgan fingerprint density at radius 1 is 0.898 bits per heavy atom. The molecule has 1 saturated carbocycles. The van der Waals surface area contributed by atoms with Crippen LogP contribution in [0.25, 0.3) is 10.8 Å². The van der Waals surface area contributed by atoms with E-state index in [1.54, 1.807) is 36.4 Å². The zero-order valence-corrected chi connectivity index (χ0v) is 27.4. The number of hydrogen-bond donors (Lipinski definition) is 2. The molecule has 2 N–H and O–H groups in total. The Hall–Kier alpha value is -5.02. The van der Waals surface area contributed by atoms with E-state index in [0.29, 0.717) is 46.6 Å². The molecule has 0 bridgehead atoms. The maximum absolute atomic E-state index is 15.3. The maximum atomic E-state index is 15.3. The Labute approximate surface area is 287 Å². The summed E-state index contributed by atoms with van der Waals surface area (Å²) in [6.45, 7) is 2.23. The van der Waals surface area contributed by atoms with Gasteiger partial charge >= 0.3 is 0 Å². The molecule has 8 rings (SSSR count). The Bertz CT molecular complexity index is 2080. The van der Waals surface area contributed by atoms with Crippen LogP contribution in [0.4, 0.5) is 10.1 Å². The number of phenols is 1. The van der Waals surface area contributed by atoms with Crippen molar-refractivity contribution in [1.82, 2.24) is 9.91 Å². The third kappa shape index (κ3) is 4.48. The summed E-state index contributed by atoms with van der Waals surface area (Å²) in [5.41, 5.74) is 3.46.